The number of nitrogens with one attached hydrogen (secondary N) is 3. The first-order valence-electron chi connectivity index (χ1n) is 8.73. The number of hydrogen-bond donors (Lipinski definition) is 3. The van der Waals surface area contributed by atoms with Crippen molar-refractivity contribution < 1.29 is 19.1 Å². The van der Waals surface area contributed by atoms with E-state index in [0.717, 1.165) is 5.56 Å². The molecule has 0 bridgehead atoms. The molecule has 2 amide bonds. The van der Waals surface area contributed by atoms with Crippen LogP contribution >= 0.6 is 11.6 Å². The highest BCUT2D eigenvalue weighted by Crippen LogP contribution is 2.22. The maximum atomic E-state index is 12.0. The predicted octanol–water partition coefficient (Wildman–Crippen LogP) is 2.99. The molecular weight excluding hydrogens is 382 g/mol. The third kappa shape index (κ3) is 6.28. The van der Waals surface area contributed by atoms with Crippen molar-refractivity contribution in [3.63, 3.8) is 0 Å². The molecule has 0 radical (unpaired) electrons. The van der Waals surface area contributed by atoms with E-state index in [1.807, 2.05) is 0 Å². The molecule has 7 nitrogen and oxygen atoms in total. The van der Waals surface area contributed by atoms with Gasteiger partial charge in [0.2, 0.25) is 11.8 Å². The molecule has 0 atom stereocenters. The fraction of sp³-hybridized carbons (Fsp3) is 0.250. The minimum absolute atomic E-state index is 0.0117. The molecule has 3 N–H and O–H groups in total. The van der Waals surface area contributed by atoms with Gasteiger partial charge in [-0.3, -0.25) is 9.59 Å². The molecule has 0 heterocycles. The second-order valence-electron chi connectivity index (χ2n) is 5.89. The first kappa shape index (κ1) is 21.2. The fourth-order valence-corrected chi connectivity index (χ4v) is 2.47. The van der Waals surface area contributed by atoms with Gasteiger partial charge in [-0.15, -0.1) is 0 Å². The highest BCUT2D eigenvalue weighted by molar-refractivity contribution is 6.31. The van der Waals surface area contributed by atoms with Crippen LogP contribution in [-0.4, -0.2) is 37.5 Å². The molecule has 2 aromatic rings. The van der Waals surface area contributed by atoms with Crippen LogP contribution in [0, 0.1) is 6.92 Å². The zero-order valence-electron chi connectivity index (χ0n) is 15.7. The number of carbonyl (C=O) groups excluding carboxylic acids is 3. The van der Waals surface area contributed by atoms with Gasteiger partial charge in [-0.1, -0.05) is 17.7 Å². The monoisotopic (exact) mass is 403 g/mol. The Labute approximate surface area is 168 Å². The Balaban J connectivity index is 1.75. The predicted molar refractivity (Wildman–Crippen MR) is 109 cm³/mol. The smallest absolute Gasteiger partial charge is 0.338 e. The summed E-state index contributed by atoms with van der Waals surface area (Å²) in [5.41, 5.74) is 2.47. The molecule has 0 aliphatic heterocycles. The van der Waals surface area contributed by atoms with Crippen LogP contribution in [0.5, 0.6) is 0 Å². The van der Waals surface area contributed by atoms with E-state index in [2.05, 4.69) is 16.0 Å². The van der Waals surface area contributed by atoms with Crippen LogP contribution in [0.2, 0.25) is 5.02 Å². The quantitative estimate of drug-likeness (QED) is 0.589. The summed E-state index contributed by atoms with van der Waals surface area (Å²) in [6.07, 6.45) is 0. The van der Waals surface area contributed by atoms with E-state index >= 15 is 0 Å². The first-order chi connectivity index (χ1) is 13.4. The Kier molecular flexibility index (Phi) is 7.83. The minimum Gasteiger partial charge on any atom is -0.462 e. The standard InChI is InChI=1S/C20H22ClN3O4/c1-3-28-20(27)14-7-9-15(10-8-14)22-11-18(25)23-12-19(26)24-17-6-4-5-16(21)13(17)2/h4-10,22H,3,11-12H2,1-2H3,(H,23,25)(H,24,26). The SMILES string of the molecule is CCOC(=O)c1ccc(NCC(=O)NCC(=O)Nc2cccc(Cl)c2C)cc1. The van der Waals surface area contributed by atoms with Gasteiger partial charge in [0.25, 0.3) is 0 Å². The third-order valence-electron chi connectivity index (χ3n) is 3.84. The maximum absolute atomic E-state index is 12.0. The van der Waals surface area contributed by atoms with Crippen LogP contribution in [-0.2, 0) is 14.3 Å². The van der Waals surface area contributed by atoms with E-state index in [-0.39, 0.29) is 24.9 Å². The number of anilines is 2. The van der Waals surface area contributed by atoms with E-state index in [1.54, 1.807) is 56.3 Å². The van der Waals surface area contributed by atoms with Crippen molar-refractivity contribution in [2.24, 2.45) is 0 Å². The molecule has 8 heteroatoms. The van der Waals surface area contributed by atoms with E-state index < -0.39 is 5.97 Å². The molecule has 0 aromatic heterocycles. The molecule has 2 rings (SSSR count). The Hall–Kier alpha value is -3.06. The largest absolute Gasteiger partial charge is 0.462 e. The Morgan fingerprint density at radius 1 is 1.00 bits per heavy atom. The van der Waals surface area contributed by atoms with Gasteiger partial charge in [-0.25, -0.2) is 4.79 Å². The average molecular weight is 404 g/mol. The van der Waals surface area contributed by atoms with Crippen LogP contribution in [0.3, 0.4) is 0 Å². The van der Waals surface area contributed by atoms with Gasteiger partial charge in [0.05, 0.1) is 25.3 Å². The highest BCUT2D eigenvalue weighted by Gasteiger charge is 2.09. The summed E-state index contributed by atoms with van der Waals surface area (Å²) in [6.45, 7) is 3.68. The molecular formula is C20H22ClN3O4. The summed E-state index contributed by atoms with van der Waals surface area (Å²) in [4.78, 5) is 35.5. The zero-order chi connectivity index (χ0) is 20.5. The lowest BCUT2D eigenvalue weighted by molar-refractivity contribution is -0.122. The topological polar surface area (TPSA) is 96.5 Å². The molecule has 0 saturated carbocycles. The van der Waals surface area contributed by atoms with Crippen LogP contribution in [0.15, 0.2) is 42.5 Å². The lowest BCUT2D eigenvalue weighted by atomic mass is 10.2. The Morgan fingerprint density at radius 3 is 2.39 bits per heavy atom. The van der Waals surface area contributed by atoms with Crippen molar-refractivity contribution in [3.8, 4) is 0 Å². The molecule has 28 heavy (non-hydrogen) atoms. The van der Waals surface area contributed by atoms with Gasteiger partial charge in [0.1, 0.15) is 0 Å². The van der Waals surface area contributed by atoms with Crippen molar-refractivity contribution in [2.75, 3.05) is 30.3 Å². The summed E-state index contributed by atoms with van der Waals surface area (Å²) in [5.74, 6) is -1.09. The number of benzene rings is 2. The molecule has 0 aliphatic rings. The second kappa shape index (κ2) is 10.3. The maximum Gasteiger partial charge on any atom is 0.338 e. The number of hydrogen-bond acceptors (Lipinski definition) is 5. The van der Waals surface area contributed by atoms with E-state index in [9.17, 15) is 14.4 Å². The molecule has 0 saturated heterocycles. The highest BCUT2D eigenvalue weighted by atomic mass is 35.5. The molecule has 0 unspecified atom stereocenters. The Bertz CT molecular complexity index is 853. The number of rotatable bonds is 8. The fourth-order valence-electron chi connectivity index (χ4n) is 2.30. The molecule has 0 aliphatic carbocycles. The molecule has 0 spiro atoms. The van der Waals surface area contributed by atoms with Crippen molar-refractivity contribution in [1.29, 1.82) is 0 Å². The van der Waals surface area contributed by atoms with E-state index in [1.165, 1.54) is 0 Å². The van der Waals surface area contributed by atoms with E-state index in [0.29, 0.717) is 28.6 Å². The lowest BCUT2D eigenvalue weighted by Gasteiger charge is -2.11. The van der Waals surface area contributed by atoms with Crippen LogP contribution in [0.25, 0.3) is 0 Å². The summed E-state index contributed by atoms with van der Waals surface area (Å²) in [6, 6.07) is 11.8. The molecule has 148 valence electrons. The number of amides is 2. The summed E-state index contributed by atoms with van der Waals surface area (Å²) in [7, 11) is 0. The number of halogens is 1. The van der Waals surface area contributed by atoms with Crippen LogP contribution < -0.4 is 16.0 Å². The summed E-state index contributed by atoms with van der Waals surface area (Å²) >= 11 is 6.01. The normalized spacial score (nSPS) is 10.1. The summed E-state index contributed by atoms with van der Waals surface area (Å²) in [5, 5.41) is 8.71. The average Bonchev–Trinajstić information content (AvgIpc) is 2.69. The van der Waals surface area contributed by atoms with Crippen molar-refractivity contribution >= 4 is 40.8 Å². The molecule has 2 aromatic carbocycles. The Morgan fingerprint density at radius 2 is 1.71 bits per heavy atom. The van der Waals surface area contributed by atoms with Gasteiger partial charge in [-0.2, -0.15) is 0 Å². The second-order valence-corrected chi connectivity index (χ2v) is 6.30. The number of ether oxygens (including phenoxy) is 1. The van der Waals surface area contributed by atoms with Crippen molar-refractivity contribution in [2.45, 2.75) is 13.8 Å². The number of esters is 1. The van der Waals surface area contributed by atoms with Crippen LogP contribution in [0.1, 0.15) is 22.8 Å². The van der Waals surface area contributed by atoms with Crippen LogP contribution in [0.4, 0.5) is 11.4 Å². The van der Waals surface area contributed by atoms with Crippen molar-refractivity contribution in [1.82, 2.24) is 5.32 Å². The zero-order valence-corrected chi connectivity index (χ0v) is 16.4. The van der Waals surface area contributed by atoms with Gasteiger partial charge in [0.15, 0.2) is 0 Å². The van der Waals surface area contributed by atoms with Gasteiger partial charge in [-0.05, 0) is 55.8 Å². The van der Waals surface area contributed by atoms with Crippen molar-refractivity contribution in [3.05, 3.63) is 58.6 Å². The van der Waals surface area contributed by atoms with Gasteiger partial charge < -0.3 is 20.7 Å². The van der Waals surface area contributed by atoms with Gasteiger partial charge in [0, 0.05) is 16.4 Å². The third-order valence-corrected chi connectivity index (χ3v) is 4.25. The number of carbonyl (C=O) groups is 3. The lowest BCUT2D eigenvalue weighted by Crippen LogP contribution is -2.36. The van der Waals surface area contributed by atoms with E-state index in [4.69, 9.17) is 16.3 Å². The van der Waals surface area contributed by atoms with Gasteiger partial charge >= 0.3 is 5.97 Å². The molecule has 0 fully saturated rings. The minimum atomic E-state index is -0.396. The first-order valence-corrected chi connectivity index (χ1v) is 9.11. The summed E-state index contributed by atoms with van der Waals surface area (Å²) < 4.78 is 4.91.